The average Bonchev–Trinajstić information content (AvgIpc) is 1.90. The van der Waals surface area contributed by atoms with Gasteiger partial charge in [-0.1, -0.05) is 6.07 Å². The van der Waals surface area contributed by atoms with E-state index in [-0.39, 0.29) is 57.4 Å². The molecule has 0 bridgehead atoms. The van der Waals surface area contributed by atoms with Gasteiger partial charge in [0, 0.05) is 6.20 Å². The molecular formula is C6H7BaNO2. The van der Waals surface area contributed by atoms with Crippen LogP contribution >= 0.6 is 0 Å². The molecule has 0 amide bonds. The van der Waals surface area contributed by atoms with Crippen molar-refractivity contribution < 1.29 is 12.8 Å². The second-order valence-corrected chi connectivity index (χ2v) is 1.52. The van der Waals surface area contributed by atoms with Crippen molar-refractivity contribution in [3.63, 3.8) is 0 Å². The maximum Gasteiger partial charge on any atom is 2.00 e. The predicted molar refractivity (Wildman–Crippen MR) is 39.2 cm³/mol. The standard InChI is InChI=1S/C6H5NO2.Ba.2H/c8-6(9)5-3-1-2-4-7-5;;;/h1-4H,(H,8,9);;;/q;+2;2*-1. The fraction of sp³-hybridized carbons (Fsp3) is 0. The van der Waals surface area contributed by atoms with Crippen LogP contribution in [0.2, 0.25) is 0 Å². The number of carbonyl (C=O) groups is 1. The Hall–Kier alpha value is 0.191. The molecule has 1 aromatic heterocycles. The van der Waals surface area contributed by atoms with Crippen LogP contribution in [0.3, 0.4) is 0 Å². The minimum absolute atomic E-state index is 0. The summed E-state index contributed by atoms with van der Waals surface area (Å²) in [6.07, 6.45) is 1.45. The summed E-state index contributed by atoms with van der Waals surface area (Å²) in [6.45, 7) is 0. The molecule has 50 valence electrons. The van der Waals surface area contributed by atoms with Gasteiger partial charge in [0.25, 0.3) is 0 Å². The summed E-state index contributed by atoms with van der Waals surface area (Å²) in [7, 11) is 0. The molecule has 0 radical (unpaired) electrons. The van der Waals surface area contributed by atoms with Crippen molar-refractivity contribution in [1.29, 1.82) is 0 Å². The number of carboxylic acid groups (broad SMARTS) is 1. The predicted octanol–water partition coefficient (Wildman–Crippen LogP) is 0.624. The molecule has 4 heteroatoms. The molecule has 0 unspecified atom stereocenters. The number of aromatic nitrogens is 1. The fourth-order valence-corrected chi connectivity index (χ4v) is 0.489. The van der Waals surface area contributed by atoms with Crippen molar-refractivity contribution in [1.82, 2.24) is 4.98 Å². The number of carboxylic acids is 1. The molecule has 1 aromatic rings. The van der Waals surface area contributed by atoms with Crippen LogP contribution in [0.5, 0.6) is 0 Å². The second-order valence-electron chi connectivity index (χ2n) is 1.52. The molecule has 0 spiro atoms. The van der Waals surface area contributed by atoms with E-state index in [1.54, 1.807) is 12.1 Å². The van der Waals surface area contributed by atoms with E-state index in [9.17, 15) is 4.79 Å². The van der Waals surface area contributed by atoms with Crippen molar-refractivity contribution in [2.45, 2.75) is 0 Å². The first kappa shape index (κ1) is 10.2. The van der Waals surface area contributed by atoms with Crippen LogP contribution in [0.25, 0.3) is 0 Å². The van der Waals surface area contributed by atoms with Gasteiger partial charge in [-0.25, -0.2) is 9.78 Å². The topological polar surface area (TPSA) is 50.2 Å². The van der Waals surface area contributed by atoms with E-state index in [1.807, 2.05) is 0 Å². The van der Waals surface area contributed by atoms with E-state index in [0.29, 0.717) is 0 Å². The monoisotopic (exact) mass is 263 g/mol. The average molecular weight is 262 g/mol. The number of rotatable bonds is 1. The molecule has 0 saturated carbocycles. The summed E-state index contributed by atoms with van der Waals surface area (Å²) in [5.74, 6) is -0.990. The molecule has 1 N–H and O–H groups in total. The van der Waals surface area contributed by atoms with Gasteiger partial charge in [-0.15, -0.1) is 0 Å². The van der Waals surface area contributed by atoms with Crippen molar-refractivity contribution in [2.24, 2.45) is 0 Å². The Labute approximate surface area is 102 Å². The number of aromatic carboxylic acids is 1. The molecule has 1 rings (SSSR count). The first-order chi connectivity index (χ1) is 4.30. The van der Waals surface area contributed by atoms with Gasteiger partial charge in [0.2, 0.25) is 0 Å². The van der Waals surface area contributed by atoms with E-state index in [0.717, 1.165) is 0 Å². The summed E-state index contributed by atoms with van der Waals surface area (Å²) in [5, 5.41) is 8.32. The van der Waals surface area contributed by atoms with Crippen molar-refractivity contribution in [2.75, 3.05) is 0 Å². The maximum atomic E-state index is 10.1. The Morgan fingerprint density at radius 3 is 2.60 bits per heavy atom. The zero-order valence-corrected chi connectivity index (χ0v) is 9.76. The van der Waals surface area contributed by atoms with Gasteiger partial charge in [0.15, 0.2) is 0 Å². The van der Waals surface area contributed by atoms with Gasteiger partial charge < -0.3 is 7.96 Å². The minimum Gasteiger partial charge on any atom is -1.00 e. The quantitative estimate of drug-likeness (QED) is 0.755. The number of hydrogen-bond acceptors (Lipinski definition) is 2. The van der Waals surface area contributed by atoms with Crippen LogP contribution in [0, 0.1) is 0 Å². The smallest absolute Gasteiger partial charge is 1.00 e. The van der Waals surface area contributed by atoms with Crippen LogP contribution in [0.15, 0.2) is 24.4 Å². The van der Waals surface area contributed by atoms with Crippen molar-refractivity contribution >= 4 is 54.9 Å². The molecule has 10 heavy (non-hydrogen) atoms. The maximum absolute atomic E-state index is 10.1. The summed E-state index contributed by atoms with van der Waals surface area (Å²) in [4.78, 5) is 13.7. The third kappa shape index (κ3) is 2.85. The van der Waals surface area contributed by atoms with E-state index in [2.05, 4.69) is 4.98 Å². The molecule has 0 aromatic carbocycles. The normalized spacial score (nSPS) is 8.00. The van der Waals surface area contributed by atoms with E-state index in [1.165, 1.54) is 12.3 Å². The number of pyridine rings is 1. The molecule has 1 heterocycles. The van der Waals surface area contributed by atoms with Gasteiger partial charge in [0.1, 0.15) is 5.69 Å². The summed E-state index contributed by atoms with van der Waals surface area (Å²) in [5.41, 5.74) is 0.0810. The van der Waals surface area contributed by atoms with Gasteiger partial charge in [-0.3, -0.25) is 0 Å². The summed E-state index contributed by atoms with van der Waals surface area (Å²) < 4.78 is 0. The fourth-order valence-electron chi connectivity index (χ4n) is 0.489. The Morgan fingerprint density at radius 2 is 2.30 bits per heavy atom. The molecule has 0 aliphatic heterocycles. The van der Waals surface area contributed by atoms with Crippen LogP contribution in [-0.2, 0) is 0 Å². The van der Waals surface area contributed by atoms with Crippen LogP contribution in [0.1, 0.15) is 13.3 Å². The van der Waals surface area contributed by atoms with Crippen molar-refractivity contribution in [3.8, 4) is 0 Å². The van der Waals surface area contributed by atoms with E-state index in [4.69, 9.17) is 5.11 Å². The Morgan fingerprint density at radius 1 is 1.60 bits per heavy atom. The Balaban J connectivity index is -0.000000270. The van der Waals surface area contributed by atoms with Crippen LogP contribution in [-0.4, -0.2) is 64.9 Å². The first-order valence-electron chi connectivity index (χ1n) is 2.45. The van der Waals surface area contributed by atoms with Gasteiger partial charge in [-0.05, 0) is 12.1 Å². The molecule has 0 saturated heterocycles. The summed E-state index contributed by atoms with van der Waals surface area (Å²) >= 11 is 0. The molecular weight excluding hydrogens is 255 g/mol. The zero-order valence-electron chi connectivity index (χ0n) is 7.32. The number of nitrogens with zero attached hydrogens (tertiary/aromatic N) is 1. The van der Waals surface area contributed by atoms with E-state index >= 15 is 0 Å². The largest absolute Gasteiger partial charge is 2.00 e. The van der Waals surface area contributed by atoms with Crippen LogP contribution in [0.4, 0.5) is 0 Å². The van der Waals surface area contributed by atoms with Gasteiger partial charge >= 0.3 is 54.9 Å². The molecule has 0 aliphatic rings. The van der Waals surface area contributed by atoms with E-state index < -0.39 is 5.97 Å². The first-order valence-corrected chi connectivity index (χ1v) is 2.45. The molecule has 0 aliphatic carbocycles. The second kappa shape index (κ2) is 4.92. The zero-order chi connectivity index (χ0) is 6.69. The minimum atomic E-state index is -0.990. The Kier molecular flexibility index (Phi) is 5.02. The molecule has 0 atom stereocenters. The van der Waals surface area contributed by atoms with Gasteiger partial charge in [0.05, 0.1) is 0 Å². The number of hydrogen-bond donors (Lipinski definition) is 1. The Bertz CT molecular complexity index is 220. The van der Waals surface area contributed by atoms with Gasteiger partial charge in [-0.2, -0.15) is 0 Å². The van der Waals surface area contributed by atoms with Crippen LogP contribution < -0.4 is 0 Å². The van der Waals surface area contributed by atoms with Crippen molar-refractivity contribution in [3.05, 3.63) is 30.1 Å². The third-order valence-corrected chi connectivity index (χ3v) is 0.884. The SMILES string of the molecule is O=C(O)c1ccccn1.[Ba+2].[H-].[H-]. The molecule has 0 fully saturated rings. The third-order valence-electron chi connectivity index (χ3n) is 0.884. The molecule has 3 nitrogen and oxygen atoms in total. The summed E-state index contributed by atoms with van der Waals surface area (Å²) in [6, 6.07) is 4.76.